The van der Waals surface area contributed by atoms with E-state index in [1.54, 1.807) is 0 Å². The molecule has 3 aromatic rings. The van der Waals surface area contributed by atoms with E-state index in [0.717, 1.165) is 53.8 Å². The zero-order valence-corrected chi connectivity index (χ0v) is 22.3. The fourth-order valence-electron chi connectivity index (χ4n) is 6.17. The van der Waals surface area contributed by atoms with Gasteiger partial charge in [-0.2, -0.15) is 0 Å². The Labute approximate surface area is 219 Å². The molecular weight excluding hydrogens is 529 g/mol. The van der Waals surface area contributed by atoms with Gasteiger partial charge in [-0.3, -0.25) is 4.90 Å². The fourth-order valence-corrected chi connectivity index (χ4v) is 6.76. The molecule has 2 aromatic carbocycles. The summed E-state index contributed by atoms with van der Waals surface area (Å²) in [5.74, 6) is 1.71. The number of halogens is 3. The normalized spacial score (nSPS) is 26.2. The molecule has 1 saturated heterocycles. The van der Waals surface area contributed by atoms with Crippen molar-refractivity contribution in [2.24, 2.45) is 11.3 Å². The number of fused-ring (bicyclic) bond motifs is 1. The van der Waals surface area contributed by atoms with Crippen molar-refractivity contribution < 1.29 is 0 Å². The Hall–Kier alpha value is -1.59. The van der Waals surface area contributed by atoms with Crippen molar-refractivity contribution in [2.75, 3.05) is 19.6 Å². The first-order valence-electron chi connectivity index (χ1n) is 12.1. The smallest absolute Gasteiger partial charge is 0.118 e. The monoisotopic (exact) mass is 555 g/mol. The molecule has 6 heteroatoms. The predicted octanol–water partition coefficient (Wildman–Crippen LogP) is 7.93. The Morgan fingerprint density at radius 2 is 1.85 bits per heavy atom. The second kappa shape index (κ2) is 8.51. The summed E-state index contributed by atoms with van der Waals surface area (Å²) in [5, 5.41) is 1.10. The third-order valence-corrected chi connectivity index (χ3v) is 9.51. The van der Waals surface area contributed by atoms with Gasteiger partial charge in [-0.05, 0) is 85.5 Å². The summed E-state index contributed by atoms with van der Waals surface area (Å²) in [6, 6.07) is 12.6. The van der Waals surface area contributed by atoms with E-state index in [1.165, 1.54) is 24.0 Å². The molecule has 3 nitrogen and oxygen atoms in total. The molecule has 1 aliphatic heterocycles. The van der Waals surface area contributed by atoms with Crippen molar-refractivity contribution >= 4 is 50.2 Å². The van der Waals surface area contributed by atoms with Crippen LogP contribution in [0.15, 0.2) is 64.7 Å². The van der Waals surface area contributed by atoms with E-state index in [2.05, 4.69) is 75.2 Å². The lowest BCUT2D eigenvalue weighted by atomic mass is 9.79. The van der Waals surface area contributed by atoms with Crippen LogP contribution in [0.4, 0.5) is 0 Å². The maximum Gasteiger partial charge on any atom is 0.118 e. The van der Waals surface area contributed by atoms with E-state index < -0.39 is 0 Å². The van der Waals surface area contributed by atoms with Gasteiger partial charge in [0.2, 0.25) is 0 Å². The Morgan fingerprint density at radius 3 is 2.56 bits per heavy atom. The highest BCUT2D eigenvalue weighted by molar-refractivity contribution is 9.10. The quantitative estimate of drug-likeness (QED) is 0.354. The minimum atomic E-state index is -0.1000. The molecule has 3 aliphatic rings. The first-order chi connectivity index (χ1) is 16.4. The van der Waals surface area contributed by atoms with Crippen LogP contribution in [0.2, 0.25) is 10.0 Å². The Kier molecular flexibility index (Phi) is 5.72. The zero-order chi connectivity index (χ0) is 23.5. The number of aromatic amines is 1. The second-order valence-corrected chi connectivity index (χ2v) is 12.1. The van der Waals surface area contributed by atoms with Crippen LogP contribution in [0.3, 0.4) is 0 Å². The summed E-state index contributed by atoms with van der Waals surface area (Å²) >= 11 is 16.2. The molecule has 0 radical (unpaired) electrons. The average Bonchev–Trinajstić information content (AvgIpc) is 3.29. The lowest BCUT2D eigenvalue weighted by Crippen LogP contribution is -2.39. The standard InChI is InChI=1S/C28H28BrCl2N3/c1-18-2-4-19(5-3-18)16-34-12-10-27(11-13-34)17-28(27,20-6-8-21(29)9-7-20)26-32-24-14-22(30)23(31)15-25(24)33-26/h2,4-9,14-15,18H,3,10-13,16-17H2,1H3,(H,32,33). The number of allylic oxidation sites excluding steroid dienone is 2. The number of imidazole rings is 1. The Balaban J connectivity index is 1.31. The van der Waals surface area contributed by atoms with Gasteiger partial charge in [-0.1, -0.05) is 76.4 Å². The molecule has 2 unspecified atom stereocenters. The van der Waals surface area contributed by atoms with Crippen LogP contribution in [-0.2, 0) is 5.41 Å². The number of benzene rings is 2. The zero-order valence-electron chi connectivity index (χ0n) is 19.3. The summed E-state index contributed by atoms with van der Waals surface area (Å²) in [6.07, 6.45) is 11.7. The number of hydrogen-bond acceptors (Lipinski definition) is 2. The molecule has 2 aliphatic carbocycles. The largest absolute Gasteiger partial charge is 0.341 e. The van der Waals surface area contributed by atoms with Crippen molar-refractivity contribution in [1.29, 1.82) is 0 Å². The topological polar surface area (TPSA) is 31.9 Å². The van der Waals surface area contributed by atoms with Crippen molar-refractivity contribution in [1.82, 2.24) is 14.9 Å². The Morgan fingerprint density at radius 1 is 1.12 bits per heavy atom. The first kappa shape index (κ1) is 22.8. The van der Waals surface area contributed by atoms with Crippen LogP contribution < -0.4 is 0 Å². The molecule has 1 spiro atoms. The molecule has 1 aromatic heterocycles. The SMILES string of the molecule is CC1C=CC(CN2CCC3(CC2)CC3(c2ccc(Br)cc2)c2nc3cc(Cl)c(Cl)cc3[nH]2)=CC1. The van der Waals surface area contributed by atoms with Crippen LogP contribution in [0.25, 0.3) is 11.0 Å². The van der Waals surface area contributed by atoms with E-state index in [4.69, 9.17) is 28.2 Å². The van der Waals surface area contributed by atoms with Crippen LogP contribution >= 0.6 is 39.1 Å². The minimum absolute atomic E-state index is 0.1000. The number of rotatable bonds is 4. The molecule has 0 amide bonds. The first-order valence-corrected chi connectivity index (χ1v) is 13.6. The third-order valence-electron chi connectivity index (χ3n) is 8.26. The highest BCUT2D eigenvalue weighted by Crippen LogP contribution is 2.72. The fraction of sp³-hybridized carbons (Fsp3) is 0.393. The summed E-state index contributed by atoms with van der Waals surface area (Å²) in [6.45, 7) is 5.59. The van der Waals surface area contributed by atoms with Crippen LogP contribution in [0, 0.1) is 11.3 Å². The summed E-state index contributed by atoms with van der Waals surface area (Å²) in [7, 11) is 0. The third kappa shape index (κ3) is 3.78. The van der Waals surface area contributed by atoms with E-state index in [0.29, 0.717) is 16.0 Å². The second-order valence-electron chi connectivity index (χ2n) is 10.4. The summed E-state index contributed by atoms with van der Waals surface area (Å²) in [4.78, 5) is 11.3. The molecule has 1 saturated carbocycles. The van der Waals surface area contributed by atoms with Gasteiger partial charge >= 0.3 is 0 Å². The summed E-state index contributed by atoms with van der Waals surface area (Å²) < 4.78 is 1.10. The lowest BCUT2D eigenvalue weighted by molar-refractivity contribution is 0.172. The van der Waals surface area contributed by atoms with E-state index >= 15 is 0 Å². The molecule has 34 heavy (non-hydrogen) atoms. The number of likely N-dealkylation sites (tertiary alicyclic amines) is 1. The van der Waals surface area contributed by atoms with Crippen LogP contribution in [-0.4, -0.2) is 34.5 Å². The lowest BCUT2D eigenvalue weighted by Gasteiger charge is -2.36. The van der Waals surface area contributed by atoms with E-state index in [9.17, 15) is 0 Å². The van der Waals surface area contributed by atoms with E-state index in [-0.39, 0.29) is 10.8 Å². The molecule has 2 fully saturated rings. The van der Waals surface area contributed by atoms with Crippen molar-refractivity contribution in [3.63, 3.8) is 0 Å². The molecule has 176 valence electrons. The average molecular weight is 557 g/mol. The molecular formula is C28H28BrCl2N3. The van der Waals surface area contributed by atoms with Gasteiger partial charge in [0.05, 0.1) is 26.5 Å². The molecule has 2 heterocycles. The number of aromatic nitrogens is 2. The highest BCUT2D eigenvalue weighted by Gasteiger charge is 2.70. The number of piperidine rings is 1. The maximum atomic E-state index is 6.31. The number of H-pyrrole nitrogens is 1. The van der Waals surface area contributed by atoms with Gasteiger partial charge in [0.25, 0.3) is 0 Å². The Bertz CT molecular complexity index is 1260. The minimum Gasteiger partial charge on any atom is -0.341 e. The maximum absolute atomic E-state index is 6.31. The van der Waals surface area contributed by atoms with Crippen molar-refractivity contribution in [3.05, 3.63) is 86.1 Å². The van der Waals surface area contributed by atoms with Gasteiger partial charge in [0, 0.05) is 11.0 Å². The molecule has 0 bridgehead atoms. The number of nitrogens with one attached hydrogen (secondary N) is 1. The van der Waals surface area contributed by atoms with Gasteiger partial charge in [0.15, 0.2) is 0 Å². The van der Waals surface area contributed by atoms with Gasteiger partial charge < -0.3 is 4.98 Å². The molecule has 1 N–H and O–H groups in total. The summed E-state index contributed by atoms with van der Waals surface area (Å²) in [5.41, 5.74) is 4.76. The van der Waals surface area contributed by atoms with E-state index in [1.807, 2.05) is 12.1 Å². The van der Waals surface area contributed by atoms with Crippen LogP contribution in [0.1, 0.15) is 44.0 Å². The van der Waals surface area contributed by atoms with Gasteiger partial charge in [-0.15, -0.1) is 0 Å². The van der Waals surface area contributed by atoms with Crippen molar-refractivity contribution in [2.45, 2.75) is 38.0 Å². The number of hydrogen-bond donors (Lipinski definition) is 1. The van der Waals surface area contributed by atoms with Crippen molar-refractivity contribution in [3.8, 4) is 0 Å². The van der Waals surface area contributed by atoms with Gasteiger partial charge in [-0.25, -0.2) is 4.98 Å². The molecule has 6 rings (SSSR count). The van der Waals surface area contributed by atoms with Crippen LogP contribution in [0.5, 0.6) is 0 Å². The predicted molar refractivity (Wildman–Crippen MR) is 145 cm³/mol. The highest BCUT2D eigenvalue weighted by atomic mass is 79.9. The molecule has 2 atom stereocenters. The van der Waals surface area contributed by atoms with Gasteiger partial charge in [0.1, 0.15) is 5.82 Å². The number of nitrogens with zero attached hydrogens (tertiary/aromatic N) is 2.